The fraction of sp³-hybridized carbons (Fsp3) is 0.500. The van der Waals surface area contributed by atoms with E-state index < -0.39 is 0 Å². The molecule has 0 aliphatic carbocycles. The Morgan fingerprint density at radius 2 is 2.38 bits per heavy atom. The lowest BCUT2D eigenvalue weighted by molar-refractivity contribution is 0.281. The Kier molecular flexibility index (Phi) is 4.16. The van der Waals surface area contributed by atoms with Crippen LogP contribution in [0.3, 0.4) is 0 Å². The molecular weight excluding hydrogens is 286 g/mol. The second-order valence-corrected chi connectivity index (χ2v) is 6.07. The highest BCUT2D eigenvalue weighted by molar-refractivity contribution is 9.10. The SMILES string of the molecule is CN(c1ccc(CO)c(Br)c1)C1CCSC1. The van der Waals surface area contributed by atoms with Crippen LogP contribution in [0.2, 0.25) is 0 Å². The van der Waals surface area contributed by atoms with Crippen LogP contribution in [0.25, 0.3) is 0 Å². The number of aliphatic hydroxyl groups excluding tert-OH is 1. The lowest BCUT2D eigenvalue weighted by Crippen LogP contribution is -2.31. The molecule has 4 heteroatoms. The molecule has 1 aliphatic rings. The minimum atomic E-state index is 0.0872. The van der Waals surface area contributed by atoms with Crippen LogP contribution in [0.1, 0.15) is 12.0 Å². The van der Waals surface area contributed by atoms with Crippen LogP contribution in [0.5, 0.6) is 0 Å². The topological polar surface area (TPSA) is 23.5 Å². The van der Waals surface area contributed by atoms with E-state index in [0.717, 1.165) is 10.0 Å². The summed E-state index contributed by atoms with van der Waals surface area (Å²) in [4.78, 5) is 2.34. The second kappa shape index (κ2) is 5.43. The molecule has 0 amide bonds. The lowest BCUT2D eigenvalue weighted by atomic mass is 10.1. The van der Waals surface area contributed by atoms with E-state index in [1.165, 1.54) is 23.6 Å². The van der Waals surface area contributed by atoms with E-state index in [0.29, 0.717) is 6.04 Å². The Hall–Kier alpha value is -0.190. The molecule has 16 heavy (non-hydrogen) atoms. The van der Waals surface area contributed by atoms with Crippen LogP contribution in [0, 0.1) is 0 Å². The molecule has 0 aromatic heterocycles. The van der Waals surface area contributed by atoms with Crippen LogP contribution in [-0.4, -0.2) is 29.7 Å². The number of hydrogen-bond acceptors (Lipinski definition) is 3. The average Bonchev–Trinajstić information content (AvgIpc) is 2.81. The van der Waals surface area contributed by atoms with Gasteiger partial charge in [0.15, 0.2) is 0 Å². The normalized spacial score (nSPS) is 20.1. The molecule has 0 bridgehead atoms. The summed E-state index contributed by atoms with van der Waals surface area (Å²) in [6, 6.07) is 6.81. The summed E-state index contributed by atoms with van der Waals surface area (Å²) in [6.45, 7) is 0.0872. The number of aliphatic hydroxyl groups is 1. The quantitative estimate of drug-likeness (QED) is 0.929. The molecule has 1 heterocycles. The van der Waals surface area contributed by atoms with Crippen LogP contribution < -0.4 is 4.90 Å². The number of nitrogens with zero attached hydrogens (tertiary/aromatic N) is 1. The van der Waals surface area contributed by atoms with Gasteiger partial charge in [0.2, 0.25) is 0 Å². The van der Waals surface area contributed by atoms with Crippen molar-refractivity contribution in [1.82, 2.24) is 0 Å². The number of rotatable bonds is 3. The van der Waals surface area contributed by atoms with E-state index in [1.54, 1.807) is 0 Å². The number of benzene rings is 1. The number of thioether (sulfide) groups is 1. The molecule has 1 saturated heterocycles. The van der Waals surface area contributed by atoms with Gasteiger partial charge in [0.1, 0.15) is 0 Å². The molecule has 1 aliphatic heterocycles. The highest BCUT2D eigenvalue weighted by Gasteiger charge is 2.20. The van der Waals surface area contributed by atoms with Gasteiger partial charge in [-0.25, -0.2) is 0 Å². The summed E-state index contributed by atoms with van der Waals surface area (Å²) in [7, 11) is 2.15. The Morgan fingerprint density at radius 1 is 1.56 bits per heavy atom. The fourth-order valence-corrected chi connectivity index (χ4v) is 3.68. The van der Waals surface area contributed by atoms with Crippen molar-refractivity contribution >= 4 is 33.4 Å². The van der Waals surface area contributed by atoms with Crippen molar-refractivity contribution in [1.29, 1.82) is 0 Å². The Labute approximate surface area is 109 Å². The number of halogens is 1. The first-order valence-corrected chi connectivity index (χ1v) is 7.37. The highest BCUT2D eigenvalue weighted by Crippen LogP contribution is 2.29. The van der Waals surface area contributed by atoms with Gasteiger partial charge in [0.05, 0.1) is 6.61 Å². The highest BCUT2D eigenvalue weighted by atomic mass is 79.9. The first kappa shape index (κ1) is 12.3. The number of hydrogen-bond donors (Lipinski definition) is 1. The standard InChI is InChI=1S/C12H16BrNOS/c1-14(11-4-5-16-8-11)10-3-2-9(7-15)12(13)6-10/h2-3,6,11,15H,4-5,7-8H2,1H3. The first-order valence-electron chi connectivity index (χ1n) is 5.42. The summed E-state index contributed by atoms with van der Waals surface area (Å²) >= 11 is 5.52. The molecule has 1 atom stereocenters. The summed E-state index contributed by atoms with van der Waals surface area (Å²) < 4.78 is 0.991. The van der Waals surface area contributed by atoms with E-state index in [-0.39, 0.29) is 6.61 Å². The van der Waals surface area contributed by atoms with Gasteiger partial charge in [-0.05, 0) is 29.9 Å². The largest absolute Gasteiger partial charge is 0.392 e. The molecule has 1 aromatic carbocycles. The van der Waals surface area contributed by atoms with Crippen molar-refractivity contribution in [3.05, 3.63) is 28.2 Å². The molecular formula is C12H16BrNOS. The van der Waals surface area contributed by atoms with E-state index in [9.17, 15) is 0 Å². The zero-order valence-electron chi connectivity index (χ0n) is 9.32. The maximum absolute atomic E-state index is 9.11. The molecule has 2 nitrogen and oxygen atoms in total. The molecule has 0 spiro atoms. The predicted octanol–water partition coefficient (Wildman–Crippen LogP) is 2.88. The van der Waals surface area contributed by atoms with Gasteiger partial charge >= 0.3 is 0 Å². The molecule has 88 valence electrons. The van der Waals surface area contributed by atoms with Crippen molar-refractivity contribution in [2.75, 3.05) is 23.5 Å². The van der Waals surface area contributed by atoms with Gasteiger partial charge in [-0.1, -0.05) is 22.0 Å². The Balaban J connectivity index is 2.16. The van der Waals surface area contributed by atoms with Gasteiger partial charge in [0, 0.05) is 29.0 Å². The summed E-state index contributed by atoms with van der Waals surface area (Å²) in [6.07, 6.45) is 1.26. The zero-order valence-corrected chi connectivity index (χ0v) is 11.7. The van der Waals surface area contributed by atoms with E-state index in [1.807, 2.05) is 17.8 Å². The van der Waals surface area contributed by atoms with Crippen molar-refractivity contribution in [2.45, 2.75) is 19.1 Å². The van der Waals surface area contributed by atoms with Crippen molar-refractivity contribution in [3.63, 3.8) is 0 Å². The molecule has 0 radical (unpaired) electrons. The van der Waals surface area contributed by atoms with E-state index in [4.69, 9.17) is 5.11 Å². The molecule has 2 rings (SSSR count). The predicted molar refractivity (Wildman–Crippen MR) is 74.2 cm³/mol. The Morgan fingerprint density at radius 3 is 2.94 bits per heavy atom. The van der Waals surface area contributed by atoms with Crippen LogP contribution in [-0.2, 0) is 6.61 Å². The third-order valence-corrected chi connectivity index (χ3v) is 4.95. The van der Waals surface area contributed by atoms with Crippen LogP contribution in [0.4, 0.5) is 5.69 Å². The van der Waals surface area contributed by atoms with Crippen molar-refractivity contribution in [2.24, 2.45) is 0 Å². The summed E-state index contributed by atoms with van der Waals surface area (Å²) in [5, 5.41) is 9.11. The molecule has 0 saturated carbocycles. The third-order valence-electron chi connectivity index (χ3n) is 3.07. The maximum Gasteiger partial charge on any atom is 0.0692 e. The third kappa shape index (κ3) is 2.55. The summed E-state index contributed by atoms with van der Waals surface area (Å²) in [5.41, 5.74) is 2.16. The van der Waals surface area contributed by atoms with Crippen LogP contribution >= 0.6 is 27.7 Å². The second-order valence-electron chi connectivity index (χ2n) is 4.06. The van der Waals surface area contributed by atoms with Gasteiger partial charge in [-0.15, -0.1) is 0 Å². The van der Waals surface area contributed by atoms with E-state index in [2.05, 4.69) is 40.0 Å². The van der Waals surface area contributed by atoms with E-state index >= 15 is 0 Å². The molecule has 1 aromatic rings. The average molecular weight is 302 g/mol. The van der Waals surface area contributed by atoms with Crippen LogP contribution in [0.15, 0.2) is 22.7 Å². The fourth-order valence-electron chi connectivity index (χ4n) is 1.92. The molecule has 1 fully saturated rings. The van der Waals surface area contributed by atoms with Gasteiger partial charge in [0.25, 0.3) is 0 Å². The van der Waals surface area contributed by atoms with Crippen molar-refractivity contribution < 1.29 is 5.11 Å². The zero-order chi connectivity index (χ0) is 11.5. The molecule has 1 N–H and O–H groups in total. The van der Waals surface area contributed by atoms with Gasteiger partial charge in [-0.2, -0.15) is 11.8 Å². The van der Waals surface area contributed by atoms with Gasteiger partial charge < -0.3 is 10.0 Å². The molecule has 1 unspecified atom stereocenters. The Bertz CT molecular complexity index is 366. The first-order chi connectivity index (χ1) is 7.72. The minimum Gasteiger partial charge on any atom is -0.392 e. The summed E-state index contributed by atoms with van der Waals surface area (Å²) in [5.74, 6) is 2.49. The monoisotopic (exact) mass is 301 g/mol. The number of anilines is 1. The lowest BCUT2D eigenvalue weighted by Gasteiger charge is -2.26. The smallest absolute Gasteiger partial charge is 0.0692 e. The minimum absolute atomic E-state index is 0.0872. The van der Waals surface area contributed by atoms with Crippen molar-refractivity contribution in [3.8, 4) is 0 Å². The van der Waals surface area contributed by atoms with Gasteiger partial charge in [-0.3, -0.25) is 0 Å². The maximum atomic E-state index is 9.11.